The molecule has 0 bridgehead atoms. The summed E-state index contributed by atoms with van der Waals surface area (Å²) in [5, 5.41) is 0.135. The van der Waals surface area contributed by atoms with Crippen LogP contribution in [0.1, 0.15) is 11.7 Å². The van der Waals surface area contributed by atoms with E-state index < -0.39 is 34.1 Å². The van der Waals surface area contributed by atoms with Gasteiger partial charge in [0.2, 0.25) is 0 Å². The SMILES string of the molecule is CS(=O)OCC(OS(C)=O)c1ccc(F)cc1Cl. The maximum Gasteiger partial charge on any atom is 0.152 e. The Kier molecular flexibility index (Phi) is 6.37. The van der Waals surface area contributed by atoms with Gasteiger partial charge in [0.05, 0.1) is 6.61 Å². The summed E-state index contributed by atoms with van der Waals surface area (Å²) >= 11 is 2.83. The molecule has 0 aliphatic heterocycles. The van der Waals surface area contributed by atoms with Gasteiger partial charge in [-0.05, 0) is 12.1 Å². The number of rotatable bonds is 6. The minimum absolute atomic E-state index is 0.0892. The van der Waals surface area contributed by atoms with E-state index in [2.05, 4.69) is 0 Å². The van der Waals surface area contributed by atoms with Gasteiger partial charge in [-0.3, -0.25) is 8.37 Å². The van der Waals surface area contributed by atoms with E-state index >= 15 is 0 Å². The first-order valence-electron chi connectivity index (χ1n) is 4.82. The monoisotopic (exact) mass is 314 g/mol. The molecule has 0 fully saturated rings. The molecule has 3 atom stereocenters. The van der Waals surface area contributed by atoms with Crippen LogP contribution in [0, 0.1) is 5.82 Å². The van der Waals surface area contributed by atoms with Crippen molar-refractivity contribution in [1.82, 2.24) is 0 Å². The third kappa shape index (κ3) is 5.11. The van der Waals surface area contributed by atoms with Crippen molar-refractivity contribution in [2.24, 2.45) is 0 Å². The molecule has 3 unspecified atom stereocenters. The Morgan fingerprint density at radius 2 is 2.00 bits per heavy atom. The minimum atomic E-state index is -1.56. The summed E-state index contributed by atoms with van der Waals surface area (Å²) in [6, 6.07) is 3.74. The van der Waals surface area contributed by atoms with E-state index in [0.29, 0.717) is 5.56 Å². The lowest BCUT2D eigenvalue weighted by atomic mass is 10.1. The molecule has 0 heterocycles. The summed E-state index contributed by atoms with van der Waals surface area (Å²) in [5.41, 5.74) is 0.429. The normalized spacial score (nSPS) is 16.2. The summed E-state index contributed by atoms with van der Waals surface area (Å²) in [6.45, 7) is -0.0892. The molecule has 0 spiro atoms. The Hall–Kier alpha value is -0.340. The molecule has 8 heteroatoms. The van der Waals surface area contributed by atoms with Gasteiger partial charge in [0, 0.05) is 23.1 Å². The van der Waals surface area contributed by atoms with Crippen LogP contribution in [0.3, 0.4) is 0 Å². The van der Waals surface area contributed by atoms with Crippen molar-refractivity contribution in [2.45, 2.75) is 6.10 Å². The van der Waals surface area contributed by atoms with Crippen LogP contribution < -0.4 is 0 Å². The maximum atomic E-state index is 12.9. The molecule has 0 saturated carbocycles. The lowest BCUT2D eigenvalue weighted by Gasteiger charge is -2.16. The van der Waals surface area contributed by atoms with Gasteiger partial charge in [-0.1, -0.05) is 17.7 Å². The molecule has 4 nitrogen and oxygen atoms in total. The first-order valence-corrected chi connectivity index (χ1v) is 8.16. The topological polar surface area (TPSA) is 52.6 Å². The summed E-state index contributed by atoms with van der Waals surface area (Å²) in [6.07, 6.45) is 1.92. The van der Waals surface area contributed by atoms with Crippen LogP contribution in [-0.4, -0.2) is 27.5 Å². The zero-order chi connectivity index (χ0) is 13.7. The molecule has 0 radical (unpaired) electrons. The van der Waals surface area contributed by atoms with E-state index in [9.17, 15) is 12.8 Å². The Morgan fingerprint density at radius 1 is 1.33 bits per heavy atom. The van der Waals surface area contributed by atoms with Crippen LogP contribution in [0.25, 0.3) is 0 Å². The minimum Gasteiger partial charge on any atom is -0.288 e. The number of hydrogen-bond acceptors (Lipinski definition) is 4. The van der Waals surface area contributed by atoms with Gasteiger partial charge in [-0.25, -0.2) is 12.8 Å². The zero-order valence-electron chi connectivity index (χ0n) is 9.72. The van der Waals surface area contributed by atoms with Crippen LogP contribution >= 0.6 is 11.6 Å². The molecular weight excluding hydrogens is 303 g/mol. The van der Waals surface area contributed by atoms with Crippen LogP contribution in [0.5, 0.6) is 0 Å². The predicted octanol–water partition coefficient (Wildman–Crippen LogP) is 2.14. The fourth-order valence-corrected chi connectivity index (χ4v) is 2.34. The van der Waals surface area contributed by atoms with Crippen molar-refractivity contribution in [2.75, 3.05) is 19.1 Å². The standard InChI is InChI=1S/C10H12ClFO4S2/c1-17(13)15-6-10(16-18(2)14)8-4-3-7(12)5-9(8)11/h3-5,10H,6H2,1-2H3. The first kappa shape index (κ1) is 15.7. The average molecular weight is 315 g/mol. The molecule has 1 rings (SSSR count). The fourth-order valence-electron chi connectivity index (χ4n) is 1.25. The molecule has 1 aromatic rings. The van der Waals surface area contributed by atoms with Gasteiger partial charge in [0.25, 0.3) is 0 Å². The highest BCUT2D eigenvalue weighted by Crippen LogP contribution is 2.27. The van der Waals surface area contributed by atoms with Crippen molar-refractivity contribution < 1.29 is 21.2 Å². The highest BCUT2D eigenvalue weighted by atomic mass is 35.5. The van der Waals surface area contributed by atoms with Crippen molar-refractivity contribution in [1.29, 1.82) is 0 Å². The molecule has 18 heavy (non-hydrogen) atoms. The summed E-state index contributed by atoms with van der Waals surface area (Å²) < 4.78 is 44.9. The number of halogens is 2. The van der Waals surface area contributed by atoms with Crippen molar-refractivity contribution in [3.63, 3.8) is 0 Å². The lowest BCUT2D eigenvalue weighted by molar-refractivity contribution is 0.155. The lowest BCUT2D eigenvalue weighted by Crippen LogP contribution is -2.14. The molecule has 0 aliphatic rings. The van der Waals surface area contributed by atoms with Crippen molar-refractivity contribution in [3.05, 3.63) is 34.6 Å². The van der Waals surface area contributed by atoms with E-state index in [1.54, 1.807) is 0 Å². The van der Waals surface area contributed by atoms with Gasteiger partial charge in [0.15, 0.2) is 22.2 Å². The molecule has 0 aliphatic carbocycles. The Balaban J connectivity index is 2.93. The highest BCUT2D eigenvalue weighted by Gasteiger charge is 2.19. The Labute approximate surface area is 115 Å². The number of benzene rings is 1. The van der Waals surface area contributed by atoms with E-state index in [-0.39, 0.29) is 11.6 Å². The highest BCUT2D eigenvalue weighted by molar-refractivity contribution is 7.79. The van der Waals surface area contributed by atoms with E-state index in [1.165, 1.54) is 24.6 Å². The van der Waals surface area contributed by atoms with Crippen LogP contribution in [0.2, 0.25) is 5.02 Å². The first-order chi connectivity index (χ1) is 8.40. The Bertz CT molecular complexity index is 469. The largest absolute Gasteiger partial charge is 0.288 e. The van der Waals surface area contributed by atoms with Crippen LogP contribution in [-0.2, 0) is 30.5 Å². The molecule has 102 valence electrons. The third-order valence-corrected chi connectivity index (χ3v) is 3.25. The van der Waals surface area contributed by atoms with Crippen molar-refractivity contribution in [3.8, 4) is 0 Å². The second-order valence-corrected chi connectivity index (χ2v) is 5.78. The smallest absolute Gasteiger partial charge is 0.152 e. The summed E-state index contributed by atoms with van der Waals surface area (Å²) in [5.74, 6) is -0.486. The van der Waals surface area contributed by atoms with Gasteiger partial charge in [-0.2, -0.15) is 0 Å². The summed E-state index contributed by atoms with van der Waals surface area (Å²) in [4.78, 5) is 0. The second-order valence-electron chi connectivity index (χ2n) is 3.34. The van der Waals surface area contributed by atoms with Gasteiger partial charge >= 0.3 is 0 Å². The molecular formula is C10H12ClFO4S2. The number of hydrogen-bond donors (Lipinski definition) is 0. The Morgan fingerprint density at radius 3 is 2.50 bits per heavy atom. The molecule has 0 saturated heterocycles. The summed E-state index contributed by atoms with van der Waals surface area (Å²) in [7, 11) is 0. The van der Waals surface area contributed by atoms with Gasteiger partial charge < -0.3 is 0 Å². The predicted molar refractivity (Wildman–Crippen MR) is 69.3 cm³/mol. The third-order valence-electron chi connectivity index (χ3n) is 1.95. The average Bonchev–Trinajstić information content (AvgIpc) is 2.24. The van der Waals surface area contributed by atoms with E-state index in [4.69, 9.17) is 20.0 Å². The maximum absolute atomic E-state index is 12.9. The van der Waals surface area contributed by atoms with E-state index in [1.807, 2.05) is 0 Å². The molecule has 1 aromatic carbocycles. The molecule has 0 amide bonds. The quantitative estimate of drug-likeness (QED) is 0.807. The zero-order valence-corrected chi connectivity index (χ0v) is 12.1. The van der Waals surface area contributed by atoms with Crippen LogP contribution in [0.4, 0.5) is 4.39 Å². The van der Waals surface area contributed by atoms with Gasteiger partial charge in [0.1, 0.15) is 11.9 Å². The van der Waals surface area contributed by atoms with E-state index in [0.717, 1.165) is 6.07 Å². The molecule has 0 aromatic heterocycles. The fraction of sp³-hybridized carbons (Fsp3) is 0.400. The molecule has 0 N–H and O–H groups in total. The van der Waals surface area contributed by atoms with Gasteiger partial charge in [-0.15, -0.1) is 0 Å². The van der Waals surface area contributed by atoms with Crippen molar-refractivity contribution >= 4 is 33.8 Å². The van der Waals surface area contributed by atoms with Crippen LogP contribution in [0.15, 0.2) is 18.2 Å². The second kappa shape index (κ2) is 7.30.